The molecule has 2 heterocycles. The van der Waals surface area contributed by atoms with Crippen LogP contribution in [0.4, 0.5) is 0 Å². The molecule has 0 aliphatic heterocycles. The van der Waals surface area contributed by atoms with E-state index in [4.69, 9.17) is 16.3 Å². The smallest absolute Gasteiger partial charge is 0.212 e. The first-order valence-corrected chi connectivity index (χ1v) is 8.01. The highest BCUT2D eigenvalue weighted by molar-refractivity contribution is 7.15. The molecule has 2 aromatic rings. The molecule has 0 spiro atoms. The first-order valence-electron chi connectivity index (χ1n) is 6.76. The molecule has 0 saturated carbocycles. The maximum absolute atomic E-state index is 6.53. The van der Waals surface area contributed by atoms with Crippen LogP contribution in [0.15, 0.2) is 24.4 Å². The van der Waals surface area contributed by atoms with Gasteiger partial charge >= 0.3 is 0 Å². The third-order valence-electron chi connectivity index (χ3n) is 3.20. The second-order valence-corrected chi connectivity index (χ2v) is 7.09. The van der Waals surface area contributed by atoms with Crippen LogP contribution in [0.25, 0.3) is 10.4 Å². The van der Waals surface area contributed by atoms with Crippen LogP contribution in [-0.2, 0) is 0 Å². The van der Waals surface area contributed by atoms with Crippen LogP contribution >= 0.6 is 22.9 Å². The Hall–Kier alpha value is -1.06. The first kappa shape index (κ1) is 15.3. The Morgan fingerprint density at radius 1 is 1.35 bits per heavy atom. The van der Waals surface area contributed by atoms with Gasteiger partial charge in [-0.2, -0.15) is 0 Å². The van der Waals surface area contributed by atoms with Gasteiger partial charge in [0.25, 0.3) is 0 Å². The maximum Gasteiger partial charge on any atom is 0.212 e. The molecule has 2 rings (SSSR count). The number of ether oxygens (including phenoxy) is 1. The fourth-order valence-corrected chi connectivity index (χ4v) is 3.86. The third-order valence-corrected chi connectivity index (χ3v) is 4.73. The van der Waals surface area contributed by atoms with E-state index in [1.807, 2.05) is 18.3 Å². The molecular formula is C16H20ClNOS. The summed E-state index contributed by atoms with van der Waals surface area (Å²) in [4.78, 5) is 6.76. The Bertz CT molecular complexity index is 562. The van der Waals surface area contributed by atoms with Crippen molar-refractivity contribution in [2.75, 3.05) is 7.11 Å². The summed E-state index contributed by atoms with van der Waals surface area (Å²) in [6, 6.07) is 6.12. The summed E-state index contributed by atoms with van der Waals surface area (Å²) in [6.07, 6.45) is 2.85. The van der Waals surface area contributed by atoms with Crippen molar-refractivity contribution < 1.29 is 4.74 Å². The fourth-order valence-electron chi connectivity index (χ4n) is 2.14. The maximum atomic E-state index is 6.53. The lowest BCUT2D eigenvalue weighted by atomic mass is 10.0. The Morgan fingerprint density at radius 3 is 2.65 bits per heavy atom. The van der Waals surface area contributed by atoms with Crippen LogP contribution in [0.2, 0.25) is 0 Å². The molecule has 0 aliphatic carbocycles. The summed E-state index contributed by atoms with van der Waals surface area (Å²) in [6.45, 7) is 6.53. The highest BCUT2D eigenvalue weighted by Crippen LogP contribution is 2.38. The number of pyridine rings is 1. The average Bonchev–Trinajstić information content (AvgIpc) is 2.80. The lowest BCUT2D eigenvalue weighted by Crippen LogP contribution is -1.96. The number of alkyl halides is 1. The quantitative estimate of drug-likeness (QED) is 0.685. The number of nitrogens with zero attached hydrogens (tertiary/aromatic N) is 1. The van der Waals surface area contributed by atoms with Gasteiger partial charge in [-0.05, 0) is 37.0 Å². The molecule has 4 heteroatoms. The van der Waals surface area contributed by atoms with E-state index in [9.17, 15) is 0 Å². The van der Waals surface area contributed by atoms with Crippen molar-refractivity contribution in [3.05, 3.63) is 34.8 Å². The summed E-state index contributed by atoms with van der Waals surface area (Å²) >= 11 is 8.30. The van der Waals surface area contributed by atoms with Crippen LogP contribution in [0, 0.1) is 12.8 Å². The Morgan fingerprint density at radius 2 is 2.10 bits per heavy atom. The standard InChI is InChI=1S/C16H20ClNOS/c1-10(2)7-14(17)13-8-15(20-11(13)3)12-5-6-16(19-4)18-9-12/h5-6,8-10,14H,7H2,1-4H3. The van der Waals surface area contributed by atoms with E-state index in [1.165, 1.54) is 15.3 Å². The minimum absolute atomic E-state index is 0.0891. The van der Waals surface area contributed by atoms with Crippen molar-refractivity contribution >= 4 is 22.9 Å². The molecule has 0 fully saturated rings. The summed E-state index contributed by atoms with van der Waals surface area (Å²) in [5, 5.41) is 0.0891. The molecule has 108 valence electrons. The zero-order valence-corrected chi connectivity index (χ0v) is 13.9. The molecule has 1 unspecified atom stereocenters. The molecule has 0 saturated heterocycles. The number of aryl methyl sites for hydroxylation is 1. The van der Waals surface area contributed by atoms with Gasteiger partial charge in [-0.15, -0.1) is 22.9 Å². The molecule has 20 heavy (non-hydrogen) atoms. The zero-order valence-electron chi connectivity index (χ0n) is 12.3. The van der Waals surface area contributed by atoms with Crippen molar-refractivity contribution in [3.8, 4) is 16.3 Å². The molecule has 0 aromatic carbocycles. The molecule has 2 nitrogen and oxygen atoms in total. The van der Waals surface area contributed by atoms with Crippen molar-refractivity contribution in [1.29, 1.82) is 0 Å². The van der Waals surface area contributed by atoms with Crippen molar-refractivity contribution in [2.45, 2.75) is 32.6 Å². The summed E-state index contributed by atoms with van der Waals surface area (Å²) in [5.41, 5.74) is 2.36. The van der Waals surface area contributed by atoms with Crippen molar-refractivity contribution in [3.63, 3.8) is 0 Å². The number of thiophene rings is 1. The summed E-state index contributed by atoms with van der Waals surface area (Å²) in [5.74, 6) is 1.24. The predicted molar refractivity (Wildman–Crippen MR) is 86.9 cm³/mol. The van der Waals surface area contributed by atoms with Gasteiger partial charge in [0.05, 0.1) is 12.5 Å². The average molecular weight is 310 g/mol. The van der Waals surface area contributed by atoms with Gasteiger partial charge in [0.15, 0.2) is 0 Å². The highest BCUT2D eigenvalue weighted by Gasteiger charge is 2.16. The molecule has 0 bridgehead atoms. The molecule has 0 N–H and O–H groups in total. The summed E-state index contributed by atoms with van der Waals surface area (Å²) in [7, 11) is 1.62. The first-order chi connectivity index (χ1) is 9.51. The third kappa shape index (κ3) is 3.53. The van der Waals surface area contributed by atoms with Gasteiger partial charge in [0.2, 0.25) is 5.88 Å². The summed E-state index contributed by atoms with van der Waals surface area (Å²) < 4.78 is 5.09. The van der Waals surface area contributed by atoms with Gasteiger partial charge in [0, 0.05) is 27.6 Å². The highest BCUT2D eigenvalue weighted by atomic mass is 35.5. The number of aromatic nitrogens is 1. The van der Waals surface area contributed by atoms with Crippen molar-refractivity contribution in [2.24, 2.45) is 5.92 Å². The predicted octanol–water partition coefficient (Wildman–Crippen LogP) is 5.45. The van der Waals surface area contributed by atoms with Gasteiger partial charge in [0.1, 0.15) is 0 Å². The van der Waals surface area contributed by atoms with Crippen LogP contribution < -0.4 is 4.74 Å². The molecule has 1 atom stereocenters. The fraction of sp³-hybridized carbons (Fsp3) is 0.438. The van der Waals surface area contributed by atoms with E-state index in [-0.39, 0.29) is 5.38 Å². The van der Waals surface area contributed by atoms with Gasteiger partial charge in [-0.1, -0.05) is 13.8 Å². The number of hydrogen-bond acceptors (Lipinski definition) is 3. The lowest BCUT2D eigenvalue weighted by molar-refractivity contribution is 0.398. The largest absolute Gasteiger partial charge is 0.481 e. The second-order valence-electron chi connectivity index (χ2n) is 5.31. The number of rotatable bonds is 5. The topological polar surface area (TPSA) is 22.1 Å². The van der Waals surface area contributed by atoms with E-state index in [1.54, 1.807) is 18.4 Å². The van der Waals surface area contributed by atoms with E-state index < -0.39 is 0 Å². The van der Waals surface area contributed by atoms with Gasteiger partial charge in [-0.25, -0.2) is 4.98 Å². The number of hydrogen-bond donors (Lipinski definition) is 0. The Balaban J connectivity index is 2.25. The van der Waals surface area contributed by atoms with Crippen LogP contribution in [0.1, 0.15) is 36.1 Å². The molecule has 0 aliphatic rings. The minimum Gasteiger partial charge on any atom is -0.481 e. The Kier molecular flexibility index (Phi) is 5.06. The number of methoxy groups -OCH3 is 1. The van der Waals surface area contributed by atoms with E-state index >= 15 is 0 Å². The van der Waals surface area contributed by atoms with E-state index in [0.29, 0.717) is 11.8 Å². The van der Waals surface area contributed by atoms with Gasteiger partial charge < -0.3 is 4.74 Å². The normalized spacial score (nSPS) is 12.7. The lowest BCUT2D eigenvalue weighted by Gasteiger charge is -2.11. The monoisotopic (exact) mass is 309 g/mol. The van der Waals surface area contributed by atoms with Crippen LogP contribution in [0.5, 0.6) is 5.88 Å². The van der Waals surface area contributed by atoms with Crippen LogP contribution in [-0.4, -0.2) is 12.1 Å². The SMILES string of the molecule is COc1ccc(-c2cc(C(Cl)CC(C)C)c(C)s2)cn1. The number of halogens is 1. The molecule has 2 aromatic heterocycles. The van der Waals surface area contributed by atoms with Crippen molar-refractivity contribution in [1.82, 2.24) is 4.98 Å². The minimum atomic E-state index is 0.0891. The van der Waals surface area contributed by atoms with E-state index in [2.05, 4.69) is 31.8 Å². The zero-order chi connectivity index (χ0) is 14.7. The van der Waals surface area contributed by atoms with E-state index in [0.717, 1.165) is 12.0 Å². The Labute approximate surface area is 129 Å². The second kappa shape index (κ2) is 6.59. The molecular weight excluding hydrogens is 290 g/mol. The molecule has 0 radical (unpaired) electrons. The van der Waals surface area contributed by atoms with Crippen LogP contribution in [0.3, 0.4) is 0 Å². The van der Waals surface area contributed by atoms with Gasteiger partial charge in [-0.3, -0.25) is 0 Å². The molecule has 0 amide bonds.